The van der Waals surface area contributed by atoms with Gasteiger partial charge in [-0.15, -0.1) is 12.1 Å². The van der Waals surface area contributed by atoms with Crippen LogP contribution >= 0.6 is 0 Å². The minimum Gasteiger partial charge on any atom is -0.676 e. The van der Waals surface area contributed by atoms with Gasteiger partial charge in [-0.25, -0.2) is 6.17 Å². The van der Waals surface area contributed by atoms with Gasteiger partial charge >= 0.3 is 90.7 Å². The fourth-order valence-electron chi connectivity index (χ4n) is 1.63. The second-order valence-corrected chi connectivity index (χ2v) is 11.5. The van der Waals surface area contributed by atoms with Gasteiger partial charge < -0.3 is 16.6 Å². The van der Waals surface area contributed by atoms with E-state index in [-0.39, 0.29) is 17.2 Å². The van der Waals surface area contributed by atoms with Crippen molar-refractivity contribution in [1.29, 1.82) is 0 Å². The van der Waals surface area contributed by atoms with Gasteiger partial charge in [0.1, 0.15) is 0 Å². The van der Waals surface area contributed by atoms with Crippen LogP contribution in [0.3, 0.4) is 0 Å². The van der Waals surface area contributed by atoms with Crippen LogP contribution in [0.2, 0.25) is 0 Å². The van der Waals surface area contributed by atoms with Gasteiger partial charge in [-0.2, -0.15) is 20.8 Å². The third-order valence-electron chi connectivity index (χ3n) is 4.06. The third kappa shape index (κ3) is 30.4. The van der Waals surface area contributed by atoms with Gasteiger partial charge in [-0.3, -0.25) is 0 Å². The Labute approximate surface area is 199 Å². The first-order valence-corrected chi connectivity index (χ1v) is 13.7. The third-order valence-corrected chi connectivity index (χ3v) is 6.89. The predicted molar refractivity (Wildman–Crippen MR) is 134 cm³/mol. The summed E-state index contributed by atoms with van der Waals surface area (Å²) < 4.78 is 9.34. The van der Waals surface area contributed by atoms with Crippen LogP contribution in [0.25, 0.3) is 10.6 Å². The first kappa shape index (κ1) is 34.8. The quantitative estimate of drug-likeness (QED) is 0.197. The molecule has 0 spiro atoms. The van der Waals surface area contributed by atoms with Crippen molar-refractivity contribution in [2.45, 2.75) is 158 Å². The van der Waals surface area contributed by atoms with E-state index in [4.69, 9.17) is 0 Å². The molecule has 0 aromatic carbocycles. The molecule has 184 valence electrons. The molecule has 30 heavy (non-hydrogen) atoms. The fraction of sp³-hybridized carbons (Fsp3) is 0.960. The zero-order valence-electron chi connectivity index (χ0n) is 23.0. The van der Waals surface area contributed by atoms with Crippen molar-refractivity contribution in [3.05, 3.63) is 16.6 Å². The number of hydrogen-bond donors (Lipinski definition) is 0. The van der Waals surface area contributed by atoms with Crippen molar-refractivity contribution < 1.29 is 18.2 Å². The molecule has 0 radical (unpaired) electrons. The van der Waals surface area contributed by atoms with Crippen molar-refractivity contribution in [1.82, 2.24) is 0 Å². The number of rotatable bonds is 11. The average Bonchev–Trinajstić information content (AvgIpc) is 2.58. The fourth-order valence-corrected chi connectivity index (χ4v) is 3.45. The molecule has 0 rings (SSSR count). The van der Waals surface area contributed by atoms with Crippen molar-refractivity contribution in [2.24, 2.45) is 6.99 Å². The molecule has 0 aliphatic rings. The van der Waals surface area contributed by atoms with E-state index < -0.39 is 18.2 Å². The Morgan fingerprint density at radius 3 is 1.33 bits per heavy atom. The molecule has 0 aliphatic heterocycles. The van der Waals surface area contributed by atoms with Crippen molar-refractivity contribution in [3.63, 3.8) is 0 Å². The molecule has 0 saturated carbocycles. The van der Waals surface area contributed by atoms with Gasteiger partial charge in [0.2, 0.25) is 0 Å². The average molecular weight is 508 g/mol. The molecule has 0 aromatic heterocycles. The van der Waals surface area contributed by atoms with E-state index in [9.17, 15) is 0 Å². The van der Waals surface area contributed by atoms with Gasteiger partial charge in [-0.1, -0.05) is 53.9 Å². The number of nitrogens with zero attached hydrogens (tertiary/aromatic N) is 4. The SMILES string of the molecule is CCC(C)(C)[N]=[Mo]=[N]C(C)(C)CC.CCCCC([N-]C(C)C)[N-]C(C)C.C[C-](C)C. The van der Waals surface area contributed by atoms with Crippen LogP contribution in [-0.2, 0) is 18.2 Å². The summed E-state index contributed by atoms with van der Waals surface area (Å²) in [4.78, 5) is 0. The molecular weight excluding hydrogens is 452 g/mol. The Hall–Kier alpha value is 0.208. The van der Waals surface area contributed by atoms with E-state index in [1.54, 1.807) is 0 Å². The summed E-state index contributed by atoms with van der Waals surface area (Å²) in [7, 11) is 0. The molecule has 0 atom stereocenters. The molecule has 0 fully saturated rings. The second kappa shape index (κ2) is 19.9. The van der Waals surface area contributed by atoms with E-state index in [0.717, 1.165) is 19.3 Å². The van der Waals surface area contributed by atoms with Crippen LogP contribution in [0.15, 0.2) is 6.99 Å². The Morgan fingerprint density at radius 2 is 1.10 bits per heavy atom. The first-order valence-electron chi connectivity index (χ1n) is 11.9. The summed E-state index contributed by atoms with van der Waals surface area (Å²) >= 11 is -0.492. The van der Waals surface area contributed by atoms with Crippen LogP contribution < -0.4 is 0 Å². The maximum Gasteiger partial charge on any atom is -0.0563 e. The molecular formula is C25H55MoN4-3. The molecule has 0 unspecified atom stereocenters. The van der Waals surface area contributed by atoms with Crippen LogP contribution in [0, 0.1) is 5.92 Å². The van der Waals surface area contributed by atoms with E-state index >= 15 is 0 Å². The van der Waals surface area contributed by atoms with Gasteiger partial charge in [0, 0.05) is 0 Å². The molecule has 4 nitrogen and oxygen atoms in total. The van der Waals surface area contributed by atoms with Crippen molar-refractivity contribution in [2.75, 3.05) is 0 Å². The summed E-state index contributed by atoms with van der Waals surface area (Å²) in [5.41, 5.74) is 0.297. The molecule has 0 aromatic rings. The monoisotopic (exact) mass is 509 g/mol. The zero-order valence-corrected chi connectivity index (χ0v) is 25.0. The van der Waals surface area contributed by atoms with E-state index in [1.807, 2.05) is 0 Å². The number of hydrogen-bond acceptors (Lipinski definition) is 2. The Balaban J connectivity index is -0.000000412. The molecule has 0 bridgehead atoms. The molecule has 0 amide bonds. The van der Waals surface area contributed by atoms with Gasteiger partial charge in [0.05, 0.1) is 0 Å². The summed E-state index contributed by atoms with van der Waals surface area (Å²) in [6, 6.07) is 0.814. The Morgan fingerprint density at radius 1 is 0.767 bits per heavy atom. The molecule has 0 N–H and O–H groups in total. The Kier molecular flexibility index (Phi) is 23.0. The van der Waals surface area contributed by atoms with Crippen LogP contribution in [0.5, 0.6) is 0 Å². The van der Waals surface area contributed by atoms with E-state index in [2.05, 4.69) is 115 Å². The molecule has 5 heteroatoms. The van der Waals surface area contributed by atoms with E-state index in [1.165, 1.54) is 18.8 Å². The number of unbranched alkanes of at least 4 members (excludes halogenated alkanes) is 1. The normalized spacial score (nSPS) is 11.8. The summed E-state index contributed by atoms with van der Waals surface area (Å²) in [6.45, 7) is 30.1. The van der Waals surface area contributed by atoms with Gasteiger partial charge in [-0.05, 0) is 0 Å². The topological polar surface area (TPSA) is 52.9 Å². The smallest absolute Gasteiger partial charge is 0.0563 e. The van der Waals surface area contributed by atoms with E-state index in [0.29, 0.717) is 12.1 Å². The molecule has 0 heterocycles. The summed E-state index contributed by atoms with van der Waals surface area (Å²) in [5, 5.41) is 9.18. The Bertz CT molecular complexity index is 404. The molecule has 0 aliphatic carbocycles. The second-order valence-electron chi connectivity index (χ2n) is 10.2. The van der Waals surface area contributed by atoms with Crippen molar-refractivity contribution >= 4 is 0 Å². The van der Waals surface area contributed by atoms with Gasteiger partial charge in [0.15, 0.2) is 0 Å². The van der Waals surface area contributed by atoms with Crippen molar-refractivity contribution in [3.8, 4) is 0 Å². The minimum absolute atomic E-state index is 0.148. The maximum atomic E-state index is 4.67. The minimum atomic E-state index is -0.492. The maximum absolute atomic E-state index is 4.67. The van der Waals surface area contributed by atoms with Crippen LogP contribution in [-0.4, -0.2) is 29.3 Å². The van der Waals surface area contributed by atoms with Crippen LogP contribution in [0.1, 0.15) is 129 Å². The standard InChI is InChI=1S/C11H24N2.2C5H11N.C4H9.Mo/c1-6-7-8-11(12-9(2)3)13-10(4)5;2*1-4-5(2,3)6;1-4(2)3;/h9-11H,6-8H2,1-5H3;2*4H2,1-3H3;1-3H3;/q-2;;;-1;. The molecule has 0 saturated heterocycles. The predicted octanol–water partition coefficient (Wildman–Crippen LogP) is 9.50. The summed E-state index contributed by atoms with van der Waals surface area (Å²) in [6.07, 6.45) is 6.04. The zero-order chi connectivity index (χ0) is 24.4. The largest absolute Gasteiger partial charge is 0.676 e. The van der Waals surface area contributed by atoms with Gasteiger partial charge in [0.25, 0.3) is 0 Å². The van der Waals surface area contributed by atoms with Crippen LogP contribution in [0.4, 0.5) is 0 Å². The first-order chi connectivity index (χ1) is 13.6. The summed E-state index contributed by atoms with van der Waals surface area (Å²) in [5.74, 6) is 1.42.